The molecule has 0 aliphatic carbocycles. The minimum atomic E-state index is -0.244. The fourth-order valence-corrected chi connectivity index (χ4v) is 2.62. The maximum atomic E-state index is 12.1. The molecule has 8 nitrogen and oxygen atoms in total. The summed E-state index contributed by atoms with van der Waals surface area (Å²) in [7, 11) is 1.55. The van der Waals surface area contributed by atoms with Gasteiger partial charge in [0.25, 0.3) is 5.91 Å². The molecule has 9 heteroatoms. The van der Waals surface area contributed by atoms with Crippen LogP contribution in [0.5, 0.6) is 11.5 Å². The van der Waals surface area contributed by atoms with Gasteiger partial charge in [-0.3, -0.25) is 9.89 Å². The van der Waals surface area contributed by atoms with E-state index < -0.39 is 0 Å². The molecule has 28 heavy (non-hydrogen) atoms. The van der Waals surface area contributed by atoms with E-state index in [1.807, 2.05) is 43.3 Å². The summed E-state index contributed by atoms with van der Waals surface area (Å²) in [4.78, 5) is 12.1. The van der Waals surface area contributed by atoms with Crippen molar-refractivity contribution in [1.29, 1.82) is 0 Å². The van der Waals surface area contributed by atoms with Crippen LogP contribution in [0.3, 0.4) is 0 Å². The predicted molar refractivity (Wildman–Crippen MR) is 109 cm³/mol. The lowest BCUT2D eigenvalue weighted by Crippen LogP contribution is -2.20. The first-order valence-corrected chi connectivity index (χ1v) is 8.98. The Morgan fingerprint density at radius 3 is 2.68 bits per heavy atom. The molecule has 3 aromatic rings. The lowest BCUT2D eigenvalue weighted by molar-refractivity contribution is -0.118. The van der Waals surface area contributed by atoms with Crippen molar-refractivity contribution in [1.82, 2.24) is 14.9 Å². The van der Waals surface area contributed by atoms with Gasteiger partial charge in [0, 0.05) is 5.69 Å². The molecule has 0 fully saturated rings. The summed E-state index contributed by atoms with van der Waals surface area (Å²) in [6.45, 7) is 2.38. The average molecular weight is 399 g/mol. The molecule has 146 valence electrons. The van der Waals surface area contributed by atoms with E-state index in [0.717, 1.165) is 16.8 Å². The fraction of sp³-hybridized carbons (Fsp3) is 0.211. The number of rotatable bonds is 8. The molecule has 0 aliphatic heterocycles. The van der Waals surface area contributed by atoms with Crippen molar-refractivity contribution in [2.75, 3.05) is 24.5 Å². The second-order valence-corrected chi connectivity index (χ2v) is 6.44. The number of H-pyrrole nitrogens is 1. The maximum absolute atomic E-state index is 12.1. The number of aryl methyl sites for hydroxylation is 1. The highest BCUT2D eigenvalue weighted by Crippen LogP contribution is 2.28. The highest BCUT2D eigenvalue weighted by Gasteiger charge is 2.09. The topological polar surface area (TPSA) is 93.2 Å². The number of carbonyl (C=O) groups excluding carboxylic acids is 1. The molecule has 0 bridgehead atoms. The van der Waals surface area contributed by atoms with Crippen LogP contribution >= 0.6 is 12.2 Å². The van der Waals surface area contributed by atoms with E-state index in [-0.39, 0.29) is 12.5 Å². The summed E-state index contributed by atoms with van der Waals surface area (Å²) in [6, 6.07) is 13.1. The largest absolute Gasteiger partial charge is 0.493 e. The van der Waals surface area contributed by atoms with Crippen molar-refractivity contribution >= 4 is 23.8 Å². The number of anilines is 1. The van der Waals surface area contributed by atoms with Gasteiger partial charge in [0.2, 0.25) is 4.77 Å². The van der Waals surface area contributed by atoms with Crippen LogP contribution in [0.25, 0.3) is 0 Å². The Morgan fingerprint density at radius 1 is 1.21 bits per heavy atom. The van der Waals surface area contributed by atoms with E-state index in [9.17, 15) is 4.79 Å². The number of methoxy groups -OCH3 is 1. The summed E-state index contributed by atoms with van der Waals surface area (Å²) in [6.07, 6.45) is 1.56. The Bertz CT molecular complexity index is 997. The number of nitrogens with zero attached hydrogens (tertiary/aromatic N) is 2. The average Bonchev–Trinajstić information content (AvgIpc) is 3.11. The Labute approximate surface area is 167 Å². The van der Waals surface area contributed by atoms with Crippen LogP contribution in [0.15, 0.2) is 48.8 Å². The van der Waals surface area contributed by atoms with Crippen molar-refractivity contribution < 1.29 is 14.3 Å². The van der Waals surface area contributed by atoms with Crippen LogP contribution in [0.2, 0.25) is 0 Å². The van der Waals surface area contributed by atoms with Crippen LogP contribution in [-0.4, -0.2) is 34.5 Å². The van der Waals surface area contributed by atoms with Gasteiger partial charge in [-0.15, -0.1) is 0 Å². The molecular weight excluding hydrogens is 378 g/mol. The maximum Gasteiger partial charge on any atom is 0.262 e. The van der Waals surface area contributed by atoms with Crippen molar-refractivity contribution in [3.05, 3.63) is 64.7 Å². The summed E-state index contributed by atoms with van der Waals surface area (Å²) < 4.78 is 13.1. The van der Waals surface area contributed by atoms with Crippen LogP contribution in [0.4, 0.5) is 5.69 Å². The number of ether oxygens (including phenoxy) is 2. The molecule has 2 aromatic carbocycles. The van der Waals surface area contributed by atoms with Gasteiger partial charge < -0.3 is 20.2 Å². The number of amides is 1. The molecule has 0 spiro atoms. The van der Waals surface area contributed by atoms with E-state index in [0.29, 0.717) is 22.8 Å². The van der Waals surface area contributed by atoms with Crippen LogP contribution in [0.1, 0.15) is 11.1 Å². The van der Waals surface area contributed by atoms with Crippen molar-refractivity contribution in [2.24, 2.45) is 0 Å². The summed E-state index contributed by atoms with van der Waals surface area (Å²) in [5, 5.41) is 9.31. The van der Waals surface area contributed by atoms with Gasteiger partial charge >= 0.3 is 0 Å². The third kappa shape index (κ3) is 5.10. The number of aromatic nitrogens is 3. The molecule has 1 amide bonds. The summed E-state index contributed by atoms with van der Waals surface area (Å²) >= 11 is 5.08. The number of hydrogen-bond acceptors (Lipinski definition) is 6. The Kier molecular flexibility index (Phi) is 6.28. The Hall–Kier alpha value is -3.33. The highest BCUT2D eigenvalue weighted by atomic mass is 32.1. The first kappa shape index (κ1) is 19.4. The van der Waals surface area contributed by atoms with Gasteiger partial charge in [-0.2, -0.15) is 5.10 Å². The number of hydrogen-bond donors (Lipinski definition) is 3. The Morgan fingerprint density at radius 2 is 2.00 bits per heavy atom. The number of carbonyl (C=O) groups is 1. The third-order valence-corrected chi connectivity index (χ3v) is 4.22. The van der Waals surface area contributed by atoms with Gasteiger partial charge in [-0.05, 0) is 49.0 Å². The van der Waals surface area contributed by atoms with Crippen LogP contribution < -0.4 is 20.2 Å². The second-order valence-electron chi connectivity index (χ2n) is 6.05. The van der Waals surface area contributed by atoms with Crippen molar-refractivity contribution in [3.8, 4) is 11.5 Å². The predicted octanol–water partition coefficient (Wildman–Crippen LogP) is 3.02. The van der Waals surface area contributed by atoms with Crippen LogP contribution in [-0.2, 0) is 11.3 Å². The quantitative estimate of drug-likeness (QED) is 0.504. The van der Waals surface area contributed by atoms with Crippen molar-refractivity contribution in [2.45, 2.75) is 13.5 Å². The van der Waals surface area contributed by atoms with E-state index in [2.05, 4.69) is 20.9 Å². The minimum Gasteiger partial charge on any atom is -0.493 e. The molecule has 0 atom stereocenters. The first-order valence-electron chi connectivity index (χ1n) is 8.57. The zero-order chi connectivity index (χ0) is 19.9. The standard InChI is InChI=1S/C19H21N5O3S/c1-13-3-6-15(7-4-13)22-18(25)11-27-16-8-5-14(9-17(16)26-2)10-21-24-12-20-23-19(24)28/h3-9,12,21H,10-11H2,1-2H3,(H,22,25)(H,23,28). The molecule has 0 saturated heterocycles. The normalized spacial score (nSPS) is 10.4. The van der Waals surface area contributed by atoms with E-state index in [4.69, 9.17) is 21.7 Å². The molecule has 3 rings (SSSR count). The lowest BCUT2D eigenvalue weighted by Gasteiger charge is -2.13. The van der Waals surface area contributed by atoms with Gasteiger partial charge in [-0.1, -0.05) is 23.8 Å². The number of nitrogens with one attached hydrogen (secondary N) is 3. The number of benzene rings is 2. The van der Waals surface area contributed by atoms with E-state index in [1.54, 1.807) is 24.2 Å². The Balaban J connectivity index is 1.57. The zero-order valence-corrected chi connectivity index (χ0v) is 16.4. The van der Waals surface area contributed by atoms with Crippen molar-refractivity contribution in [3.63, 3.8) is 0 Å². The van der Waals surface area contributed by atoms with Gasteiger partial charge in [0.15, 0.2) is 18.1 Å². The van der Waals surface area contributed by atoms with E-state index >= 15 is 0 Å². The molecule has 0 saturated carbocycles. The molecule has 1 aromatic heterocycles. The zero-order valence-electron chi connectivity index (χ0n) is 15.6. The van der Waals surface area contributed by atoms with Crippen LogP contribution in [0, 0.1) is 11.7 Å². The van der Waals surface area contributed by atoms with Gasteiger partial charge in [0.05, 0.1) is 13.7 Å². The van der Waals surface area contributed by atoms with Gasteiger partial charge in [0.1, 0.15) is 6.33 Å². The molecule has 0 radical (unpaired) electrons. The highest BCUT2D eigenvalue weighted by molar-refractivity contribution is 7.71. The number of aromatic amines is 1. The van der Waals surface area contributed by atoms with E-state index in [1.165, 1.54) is 0 Å². The first-order chi connectivity index (χ1) is 13.5. The second kappa shape index (κ2) is 9.05. The fourth-order valence-electron chi connectivity index (χ4n) is 2.46. The molecule has 0 unspecified atom stereocenters. The molecular formula is C19H21N5O3S. The molecule has 0 aliphatic rings. The summed E-state index contributed by atoms with van der Waals surface area (Å²) in [5.41, 5.74) is 5.93. The smallest absolute Gasteiger partial charge is 0.262 e. The molecule has 1 heterocycles. The summed E-state index contributed by atoms with van der Waals surface area (Å²) in [5.74, 6) is 0.787. The van der Waals surface area contributed by atoms with Gasteiger partial charge in [-0.25, -0.2) is 4.68 Å². The minimum absolute atomic E-state index is 0.119. The SMILES string of the molecule is COc1cc(CNn2cn[nH]c2=S)ccc1OCC(=O)Nc1ccc(C)cc1. The third-order valence-electron chi connectivity index (χ3n) is 3.93. The molecule has 3 N–H and O–H groups in total. The lowest BCUT2D eigenvalue weighted by atomic mass is 10.2. The monoisotopic (exact) mass is 399 g/mol.